The highest BCUT2D eigenvalue weighted by atomic mass is 35.5. The van der Waals surface area contributed by atoms with E-state index in [4.69, 9.17) is 32.7 Å². The minimum Gasteiger partial charge on any atom is -0.486 e. The summed E-state index contributed by atoms with van der Waals surface area (Å²) in [7, 11) is 0. The second kappa shape index (κ2) is 5.18. The van der Waals surface area contributed by atoms with Gasteiger partial charge in [-0.1, -0.05) is 6.07 Å². The smallest absolute Gasteiger partial charge is 0.229 e. The highest BCUT2D eigenvalue weighted by molar-refractivity contribution is 6.53. The summed E-state index contributed by atoms with van der Waals surface area (Å²) in [6, 6.07) is 5.86. The van der Waals surface area contributed by atoms with E-state index in [1.54, 1.807) is 0 Å². The van der Waals surface area contributed by atoms with E-state index in [1.807, 2.05) is 25.1 Å². The highest BCUT2D eigenvalue weighted by Gasteiger charge is 2.68. The molecule has 3 aliphatic rings. The van der Waals surface area contributed by atoms with Gasteiger partial charge in [0.1, 0.15) is 17.5 Å². The average molecular weight is 356 g/mol. The van der Waals surface area contributed by atoms with E-state index in [0.29, 0.717) is 25.6 Å². The van der Waals surface area contributed by atoms with E-state index in [9.17, 15) is 4.79 Å². The fourth-order valence-corrected chi connectivity index (χ4v) is 3.81. The molecule has 4 rings (SSSR count). The first-order valence-corrected chi connectivity index (χ1v) is 8.75. The van der Waals surface area contributed by atoms with Gasteiger partial charge in [0.2, 0.25) is 5.91 Å². The van der Waals surface area contributed by atoms with Gasteiger partial charge in [0.05, 0.1) is 11.5 Å². The molecule has 0 aromatic heterocycles. The lowest BCUT2D eigenvalue weighted by Crippen LogP contribution is -2.37. The summed E-state index contributed by atoms with van der Waals surface area (Å²) in [6.45, 7) is 2.94. The number of hydrogen-bond acceptors (Lipinski definition) is 3. The molecule has 1 aromatic carbocycles. The minimum absolute atomic E-state index is 0.0279. The second-order valence-corrected chi connectivity index (χ2v) is 8.39. The van der Waals surface area contributed by atoms with Crippen LogP contribution in [-0.2, 0) is 4.79 Å². The molecule has 0 radical (unpaired) electrons. The van der Waals surface area contributed by atoms with Crippen LogP contribution in [0.4, 0.5) is 0 Å². The fourth-order valence-electron chi connectivity index (χ4n) is 3.10. The monoisotopic (exact) mass is 355 g/mol. The predicted molar refractivity (Wildman–Crippen MR) is 88.2 cm³/mol. The number of carbonyl (C=O) groups is 1. The van der Waals surface area contributed by atoms with Crippen LogP contribution in [0.3, 0.4) is 0 Å². The van der Waals surface area contributed by atoms with Crippen molar-refractivity contribution in [3.63, 3.8) is 0 Å². The quantitative estimate of drug-likeness (QED) is 0.839. The van der Waals surface area contributed by atoms with Crippen LogP contribution in [0.2, 0.25) is 0 Å². The number of rotatable bonds is 4. The van der Waals surface area contributed by atoms with Crippen LogP contribution in [0.5, 0.6) is 11.5 Å². The van der Waals surface area contributed by atoms with E-state index in [0.717, 1.165) is 29.9 Å². The summed E-state index contributed by atoms with van der Waals surface area (Å²) < 4.78 is 10.3. The molecule has 1 N–H and O–H groups in total. The number of fused-ring (bicyclic) bond motifs is 1. The molecule has 0 unspecified atom stereocenters. The maximum absolute atomic E-state index is 12.6. The van der Waals surface area contributed by atoms with Crippen molar-refractivity contribution < 1.29 is 14.3 Å². The molecule has 23 heavy (non-hydrogen) atoms. The van der Waals surface area contributed by atoms with Crippen molar-refractivity contribution >= 4 is 29.1 Å². The Labute approximate surface area is 145 Å². The maximum atomic E-state index is 12.6. The van der Waals surface area contributed by atoms with E-state index < -0.39 is 9.75 Å². The van der Waals surface area contributed by atoms with Gasteiger partial charge in [-0.2, -0.15) is 0 Å². The average Bonchev–Trinajstić information content (AvgIpc) is 3.43. The molecule has 1 aliphatic heterocycles. The van der Waals surface area contributed by atoms with Gasteiger partial charge in [-0.25, -0.2) is 0 Å². The van der Waals surface area contributed by atoms with Crippen LogP contribution in [0.25, 0.3) is 0 Å². The fraction of sp³-hybridized carbons (Fsp3) is 0.588. The Balaban J connectivity index is 1.56. The van der Waals surface area contributed by atoms with Crippen LogP contribution in [0.1, 0.15) is 37.8 Å². The molecule has 2 aliphatic carbocycles. The molecule has 124 valence electrons. The summed E-state index contributed by atoms with van der Waals surface area (Å²) in [6.07, 6.45) is 2.72. The third-order valence-electron chi connectivity index (χ3n) is 5.06. The molecule has 4 nitrogen and oxygen atoms in total. The molecular formula is C17H19Cl2NO3. The third kappa shape index (κ3) is 2.66. The molecular weight excluding hydrogens is 337 g/mol. The number of ether oxygens (including phenoxy) is 2. The number of halogens is 2. The zero-order valence-electron chi connectivity index (χ0n) is 12.9. The van der Waals surface area contributed by atoms with Crippen LogP contribution in [0, 0.1) is 11.3 Å². The van der Waals surface area contributed by atoms with Crippen molar-refractivity contribution in [3.8, 4) is 11.5 Å². The Hall–Kier alpha value is -1.13. The lowest BCUT2D eigenvalue weighted by molar-refractivity contribution is -0.126. The van der Waals surface area contributed by atoms with Gasteiger partial charge in [-0.15, -0.1) is 23.2 Å². The second-order valence-electron chi connectivity index (χ2n) is 6.90. The Morgan fingerprint density at radius 2 is 1.91 bits per heavy atom. The van der Waals surface area contributed by atoms with Gasteiger partial charge in [0.25, 0.3) is 0 Å². The number of carbonyl (C=O) groups excluding carboxylic acids is 1. The van der Waals surface area contributed by atoms with Crippen LogP contribution in [0.15, 0.2) is 18.2 Å². The van der Waals surface area contributed by atoms with E-state index in [-0.39, 0.29) is 11.9 Å². The van der Waals surface area contributed by atoms with Gasteiger partial charge in [0, 0.05) is 0 Å². The Bertz CT molecular complexity index is 659. The molecule has 2 fully saturated rings. The maximum Gasteiger partial charge on any atom is 0.229 e. The molecule has 2 atom stereocenters. The van der Waals surface area contributed by atoms with Gasteiger partial charge in [0.15, 0.2) is 11.5 Å². The van der Waals surface area contributed by atoms with E-state index in [1.165, 1.54) is 0 Å². The lowest BCUT2D eigenvalue weighted by Gasteiger charge is -2.24. The minimum atomic E-state index is -0.946. The van der Waals surface area contributed by atoms with Crippen molar-refractivity contribution in [2.75, 3.05) is 13.2 Å². The summed E-state index contributed by atoms with van der Waals surface area (Å²) in [4.78, 5) is 12.6. The summed E-state index contributed by atoms with van der Waals surface area (Å²) in [5.41, 5.74) is 0.348. The van der Waals surface area contributed by atoms with Crippen LogP contribution in [-0.4, -0.2) is 23.5 Å². The molecule has 1 amide bonds. The first-order valence-electron chi connectivity index (χ1n) is 7.99. The first kappa shape index (κ1) is 15.4. The summed E-state index contributed by atoms with van der Waals surface area (Å²) >= 11 is 12.3. The number of benzene rings is 1. The van der Waals surface area contributed by atoms with Gasteiger partial charge in [-0.3, -0.25) is 4.79 Å². The number of alkyl halides is 2. The lowest BCUT2D eigenvalue weighted by atomic mass is 9.99. The van der Waals surface area contributed by atoms with Gasteiger partial charge >= 0.3 is 0 Å². The Morgan fingerprint density at radius 1 is 1.26 bits per heavy atom. The Kier molecular flexibility index (Phi) is 3.47. The zero-order chi connectivity index (χ0) is 16.2. The van der Waals surface area contributed by atoms with E-state index in [2.05, 4.69) is 5.32 Å². The summed E-state index contributed by atoms with van der Waals surface area (Å²) in [5.74, 6) is 1.89. The predicted octanol–water partition coefficient (Wildman–Crippen LogP) is 3.61. The van der Waals surface area contributed by atoms with Gasteiger partial charge in [-0.05, 0) is 49.8 Å². The first-order chi connectivity index (χ1) is 10.9. The molecule has 2 saturated carbocycles. The van der Waals surface area contributed by atoms with Crippen molar-refractivity contribution in [2.24, 2.45) is 11.3 Å². The zero-order valence-corrected chi connectivity index (χ0v) is 14.4. The number of hydrogen-bond donors (Lipinski definition) is 1. The Morgan fingerprint density at radius 3 is 2.52 bits per heavy atom. The standard InChI is InChI=1S/C17H19Cl2NO3/c1-16(9-17(16,18)19)15(21)20-14(10-2-3-10)11-4-5-12-13(8-11)23-7-6-22-12/h4-5,8,10,14H,2-3,6-7,9H2,1H3,(H,20,21)/t14-,16+/m0/s1. The highest BCUT2D eigenvalue weighted by Crippen LogP contribution is 2.64. The van der Waals surface area contributed by atoms with Crippen molar-refractivity contribution in [1.82, 2.24) is 5.32 Å². The molecule has 0 saturated heterocycles. The normalized spacial score (nSPS) is 28.8. The number of amides is 1. The SMILES string of the molecule is C[C@]1(C(=O)N[C@H](c2ccc3c(c2)OCCO3)C2CC2)CC1(Cl)Cl. The molecule has 0 bridgehead atoms. The van der Waals surface area contributed by atoms with Crippen LogP contribution >= 0.6 is 23.2 Å². The molecule has 6 heteroatoms. The van der Waals surface area contributed by atoms with Crippen LogP contribution < -0.4 is 14.8 Å². The third-order valence-corrected chi connectivity index (χ3v) is 6.17. The largest absolute Gasteiger partial charge is 0.486 e. The van der Waals surface area contributed by atoms with Crippen molar-refractivity contribution in [3.05, 3.63) is 23.8 Å². The van der Waals surface area contributed by atoms with Gasteiger partial charge < -0.3 is 14.8 Å². The molecule has 1 aromatic rings. The van der Waals surface area contributed by atoms with Crippen molar-refractivity contribution in [2.45, 2.75) is 36.6 Å². The molecule has 1 heterocycles. The number of nitrogens with one attached hydrogen (secondary N) is 1. The molecule has 0 spiro atoms. The van der Waals surface area contributed by atoms with E-state index >= 15 is 0 Å². The van der Waals surface area contributed by atoms with Crippen molar-refractivity contribution in [1.29, 1.82) is 0 Å². The summed E-state index contributed by atoms with van der Waals surface area (Å²) in [5, 5.41) is 3.16. The topological polar surface area (TPSA) is 47.6 Å².